The third-order valence-corrected chi connectivity index (χ3v) is 4.87. The number of nitrogens with zero attached hydrogens (tertiary/aromatic N) is 3. The van der Waals surface area contributed by atoms with Gasteiger partial charge in [-0.25, -0.2) is 4.79 Å². The van der Waals surface area contributed by atoms with Crippen molar-refractivity contribution in [1.29, 1.82) is 0 Å². The standard InChI is InChI=1S/C19H25N3O3/c1-19(2,3)22(12-14-8-5-4-6-9-14)16(23)13-21-17(24)15-10-7-11-20(15)18(21)25/h4-6,8-9,15H,7,10-13H2,1-3H3. The number of carbonyl (C=O) groups is 3. The maximum Gasteiger partial charge on any atom is 0.327 e. The fourth-order valence-electron chi connectivity index (χ4n) is 3.51. The number of fused-ring (bicyclic) bond motifs is 1. The zero-order chi connectivity index (χ0) is 18.2. The summed E-state index contributed by atoms with van der Waals surface area (Å²) in [5.41, 5.74) is 0.611. The number of imide groups is 1. The summed E-state index contributed by atoms with van der Waals surface area (Å²) in [5.74, 6) is -0.441. The molecule has 0 spiro atoms. The first-order valence-corrected chi connectivity index (χ1v) is 8.75. The summed E-state index contributed by atoms with van der Waals surface area (Å²) in [6.07, 6.45) is 1.55. The van der Waals surface area contributed by atoms with Gasteiger partial charge in [-0.1, -0.05) is 30.3 Å². The van der Waals surface area contributed by atoms with Gasteiger partial charge in [0.05, 0.1) is 0 Å². The largest absolute Gasteiger partial charge is 0.332 e. The number of hydrogen-bond donors (Lipinski definition) is 0. The van der Waals surface area contributed by atoms with Crippen molar-refractivity contribution in [2.75, 3.05) is 13.1 Å². The Balaban J connectivity index is 1.75. The van der Waals surface area contributed by atoms with Gasteiger partial charge in [0, 0.05) is 18.6 Å². The Kier molecular flexibility index (Phi) is 4.54. The highest BCUT2D eigenvalue weighted by Gasteiger charge is 2.48. The number of benzene rings is 1. The molecule has 4 amide bonds. The second-order valence-corrected chi connectivity index (χ2v) is 7.69. The molecule has 1 aromatic carbocycles. The minimum atomic E-state index is -0.408. The first-order valence-electron chi connectivity index (χ1n) is 8.75. The lowest BCUT2D eigenvalue weighted by molar-refractivity contribution is -0.141. The van der Waals surface area contributed by atoms with Crippen molar-refractivity contribution in [2.45, 2.75) is 51.7 Å². The Hall–Kier alpha value is -2.37. The van der Waals surface area contributed by atoms with E-state index in [9.17, 15) is 14.4 Å². The van der Waals surface area contributed by atoms with E-state index >= 15 is 0 Å². The molecule has 2 aliphatic heterocycles. The molecule has 1 atom stereocenters. The number of amides is 4. The summed E-state index contributed by atoms with van der Waals surface area (Å²) in [4.78, 5) is 42.2. The van der Waals surface area contributed by atoms with E-state index in [1.807, 2.05) is 51.1 Å². The van der Waals surface area contributed by atoms with Gasteiger partial charge in [-0.05, 0) is 39.2 Å². The summed E-state index contributed by atoms with van der Waals surface area (Å²) in [6, 6.07) is 9.04. The van der Waals surface area contributed by atoms with Crippen LogP contribution in [0.5, 0.6) is 0 Å². The molecule has 2 fully saturated rings. The number of carbonyl (C=O) groups excluding carboxylic acids is 3. The highest BCUT2D eigenvalue weighted by Crippen LogP contribution is 2.28. The van der Waals surface area contributed by atoms with Crippen molar-refractivity contribution < 1.29 is 14.4 Å². The Labute approximate surface area is 148 Å². The lowest BCUT2D eigenvalue weighted by Gasteiger charge is -2.36. The van der Waals surface area contributed by atoms with Crippen molar-refractivity contribution in [3.63, 3.8) is 0 Å². The van der Waals surface area contributed by atoms with Crippen LogP contribution >= 0.6 is 0 Å². The minimum Gasteiger partial charge on any atom is -0.332 e. The predicted octanol–water partition coefficient (Wildman–Crippen LogP) is 2.24. The minimum absolute atomic E-state index is 0.186. The van der Waals surface area contributed by atoms with E-state index in [0.717, 1.165) is 16.9 Å². The molecular formula is C19H25N3O3. The van der Waals surface area contributed by atoms with Crippen LogP contribution in [0, 0.1) is 0 Å². The fraction of sp³-hybridized carbons (Fsp3) is 0.526. The second-order valence-electron chi connectivity index (χ2n) is 7.69. The average Bonchev–Trinajstić information content (AvgIpc) is 3.12. The highest BCUT2D eigenvalue weighted by molar-refractivity contribution is 6.06. The predicted molar refractivity (Wildman–Crippen MR) is 93.6 cm³/mol. The fourth-order valence-corrected chi connectivity index (χ4v) is 3.51. The van der Waals surface area contributed by atoms with Gasteiger partial charge in [-0.15, -0.1) is 0 Å². The molecule has 2 heterocycles. The normalized spacial score (nSPS) is 20.2. The molecule has 1 unspecified atom stereocenters. The maximum absolute atomic E-state index is 12.9. The van der Waals surface area contributed by atoms with Crippen LogP contribution < -0.4 is 0 Å². The Bertz CT molecular complexity index is 659. The van der Waals surface area contributed by atoms with Crippen molar-refractivity contribution >= 4 is 17.8 Å². The molecule has 0 bridgehead atoms. The van der Waals surface area contributed by atoms with Gasteiger partial charge in [0.15, 0.2) is 0 Å². The molecule has 25 heavy (non-hydrogen) atoms. The molecule has 3 rings (SSSR count). The van der Waals surface area contributed by atoms with Crippen LogP contribution in [-0.4, -0.2) is 57.2 Å². The van der Waals surface area contributed by atoms with Crippen LogP contribution in [0.3, 0.4) is 0 Å². The Morgan fingerprint density at radius 2 is 1.88 bits per heavy atom. The van der Waals surface area contributed by atoms with E-state index in [-0.39, 0.29) is 30.4 Å². The van der Waals surface area contributed by atoms with E-state index in [0.29, 0.717) is 19.5 Å². The van der Waals surface area contributed by atoms with Crippen LogP contribution in [0.15, 0.2) is 30.3 Å². The van der Waals surface area contributed by atoms with Crippen LogP contribution in [0.4, 0.5) is 4.79 Å². The molecule has 0 radical (unpaired) electrons. The number of rotatable bonds is 4. The van der Waals surface area contributed by atoms with Gasteiger partial charge in [0.25, 0.3) is 5.91 Å². The first-order chi connectivity index (χ1) is 11.8. The monoisotopic (exact) mass is 343 g/mol. The van der Waals surface area contributed by atoms with E-state index in [1.165, 1.54) is 0 Å². The Morgan fingerprint density at radius 1 is 1.20 bits per heavy atom. The smallest absolute Gasteiger partial charge is 0.327 e. The van der Waals surface area contributed by atoms with Gasteiger partial charge in [0.2, 0.25) is 5.91 Å². The summed E-state index contributed by atoms with van der Waals surface area (Å²) in [6.45, 7) is 6.74. The molecular weight excluding hydrogens is 318 g/mol. The zero-order valence-corrected chi connectivity index (χ0v) is 15.1. The average molecular weight is 343 g/mol. The summed E-state index contributed by atoms with van der Waals surface area (Å²) in [7, 11) is 0. The van der Waals surface area contributed by atoms with Gasteiger partial charge in [0.1, 0.15) is 12.6 Å². The van der Waals surface area contributed by atoms with Crippen molar-refractivity contribution in [2.24, 2.45) is 0 Å². The molecule has 2 aliphatic rings. The third-order valence-electron chi connectivity index (χ3n) is 4.87. The van der Waals surface area contributed by atoms with Crippen LogP contribution in [0.25, 0.3) is 0 Å². The summed E-state index contributed by atoms with van der Waals surface area (Å²) >= 11 is 0. The van der Waals surface area contributed by atoms with Gasteiger partial charge in [-0.3, -0.25) is 14.5 Å². The quantitative estimate of drug-likeness (QED) is 0.788. The van der Waals surface area contributed by atoms with E-state index in [1.54, 1.807) is 9.80 Å². The van der Waals surface area contributed by atoms with Gasteiger partial charge >= 0.3 is 6.03 Å². The molecule has 0 aliphatic carbocycles. The molecule has 1 aromatic rings. The lowest BCUT2D eigenvalue weighted by Crippen LogP contribution is -2.50. The number of hydrogen-bond acceptors (Lipinski definition) is 3. The summed E-state index contributed by atoms with van der Waals surface area (Å²) in [5, 5.41) is 0. The van der Waals surface area contributed by atoms with Crippen LogP contribution in [-0.2, 0) is 16.1 Å². The van der Waals surface area contributed by atoms with Crippen LogP contribution in [0.2, 0.25) is 0 Å². The van der Waals surface area contributed by atoms with Crippen LogP contribution in [0.1, 0.15) is 39.2 Å². The number of urea groups is 1. The molecule has 0 aromatic heterocycles. The van der Waals surface area contributed by atoms with Gasteiger partial charge in [-0.2, -0.15) is 0 Å². The van der Waals surface area contributed by atoms with Gasteiger partial charge < -0.3 is 9.80 Å². The molecule has 134 valence electrons. The third kappa shape index (κ3) is 3.38. The second kappa shape index (κ2) is 6.50. The first kappa shape index (κ1) is 17.5. The molecule has 6 heteroatoms. The van der Waals surface area contributed by atoms with E-state index in [2.05, 4.69) is 0 Å². The zero-order valence-electron chi connectivity index (χ0n) is 15.1. The molecule has 6 nitrogen and oxygen atoms in total. The molecule has 0 saturated carbocycles. The summed E-state index contributed by atoms with van der Waals surface area (Å²) < 4.78 is 0. The van der Waals surface area contributed by atoms with E-state index < -0.39 is 5.54 Å². The van der Waals surface area contributed by atoms with Crippen molar-refractivity contribution in [3.05, 3.63) is 35.9 Å². The Morgan fingerprint density at radius 3 is 2.48 bits per heavy atom. The SMILES string of the molecule is CC(C)(C)N(Cc1ccccc1)C(=O)CN1C(=O)C2CCCN2C1=O. The topological polar surface area (TPSA) is 60.9 Å². The van der Waals surface area contributed by atoms with E-state index in [4.69, 9.17) is 0 Å². The van der Waals surface area contributed by atoms with Crippen molar-refractivity contribution in [1.82, 2.24) is 14.7 Å². The molecule has 2 saturated heterocycles. The molecule has 0 N–H and O–H groups in total. The maximum atomic E-state index is 12.9. The highest BCUT2D eigenvalue weighted by atomic mass is 16.2. The van der Waals surface area contributed by atoms with Crippen molar-refractivity contribution in [3.8, 4) is 0 Å². The lowest BCUT2D eigenvalue weighted by atomic mass is 10.0.